The fourth-order valence-electron chi connectivity index (χ4n) is 2.61. The summed E-state index contributed by atoms with van der Waals surface area (Å²) in [5, 5.41) is 5.35. The van der Waals surface area contributed by atoms with Crippen LogP contribution in [-0.4, -0.2) is 18.4 Å². The summed E-state index contributed by atoms with van der Waals surface area (Å²) in [5.41, 5.74) is 3.52. The predicted molar refractivity (Wildman–Crippen MR) is 87.2 cm³/mol. The van der Waals surface area contributed by atoms with Crippen LogP contribution in [-0.2, 0) is 16.1 Å². The zero-order chi connectivity index (χ0) is 15.8. The lowest BCUT2D eigenvalue weighted by atomic mass is 9.97. The van der Waals surface area contributed by atoms with E-state index in [9.17, 15) is 9.59 Å². The van der Waals surface area contributed by atoms with E-state index in [2.05, 4.69) is 16.7 Å². The van der Waals surface area contributed by atoms with Gasteiger partial charge < -0.3 is 10.6 Å². The summed E-state index contributed by atoms with van der Waals surface area (Å²) >= 11 is 0. The first kappa shape index (κ1) is 16.3. The quantitative estimate of drug-likeness (QED) is 0.649. The number of carbonyl (C=O) groups is 2. The SMILES string of the molecule is Cc1ccccc1CNC(=O)C(=O)NCCC1=CCCCC1. The van der Waals surface area contributed by atoms with Crippen LogP contribution >= 0.6 is 0 Å². The minimum Gasteiger partial charge on any atom is -0.348 e. The van der Waals surface area contributed by atoms with Crippen molar-refractivity contribution in [1.29, 1.82) is 0 Å². The molecule has 1 aliphatic carbocycles. The molecule has 2 amide bonds. The van der Waals surface area contributed by atoms with Gasteiger partial charge in [0, 0.05) is 13.1 Å². The third-order valence-electron chi connectivity index (χ3n) is 4.02. The molecule has 0 saturated heterocycles. The minimum atomic E-state index is -0.569. The second kappa shape index (κ2) is 8.37. The molecule has 0 radical (unpaired) electrons. The maximum Gasteiger partial charge on any atom is 0.309 e. The molecule has 1 aliphatic rings. The number of hydrogen-bond donors (Lipinski definition) is 2. The van der Waals surface area contributed by atoms with Crippen molar-refractivity contribution in [3.63, 3.8) is 0 Å². The van der Waals surface area contributed by atoms with Gasteiger partial charge in [-0.05, 0) is 50.2 Å². The molecule has 4 heteroatoms. The van der Waals surface area contributed by atoms with Gasteiger partial charge in [-0.3, -0.25) is 9.59 Å². The van der Waals surface area contributed by atoms with Crippen LogP contribution in [0.15, 0.2) is 35.9 Å². The smallest absolute Gasteiger partial charge is 0.309 e. The topological polar surface area (TPSA) is 58.2 Å². The van der Waals surface area contributed by atoms with Crippen LogP contribution in [0, 0.1) is 6.92 Å². The lowest BCUT2D eigenvalue weighted by Crippen LogP contribution is -2.40. The summed E-state index contributed by atoms with van der Waals surface area (Å²) in [6.07, 6.45) is 7.86. The van der Waals surface area contributed by atoms with E-state index >= 15 is 0 Å². The van der Waals surface area contributed by atoms with Gasteiger partial charge in [0.05, 0.1) is 0 Å². The van der Waals surface area contributed by atoms with Gasteiger partial charge in [-0.1, -0.05) is 35.9 Å². The molecule has 0 atom stereocenters. The van der Waals surface area contributed by atoms with E-state index in [1.54, 1.807) is 0 Å². The first-order valence-electron chi connectivity index (χ1n) is 7.95. The van der Waals surface area contributed by atoms with Gasteiger partial charge in [0.1, 0.15) is 0 Å². The highest BCUT2D eigenvalue weighted by Gasteiger charge is 2.13. The number of benzene rings is 1. The molecule has 0 saturated carbocycles. The van der Waals surface area contributed by atoms with Crippen molar-refractivity contribution in [2.45, 2.75) is 45.6 Å². The lowest BCUT2D eigenvalue weighted by Gasteiger charge is -2.13. The summed E-state index contributed by atoms with van der Waals surface area (Å²) in [6.45, 7) is 2.89. The average molecular weight is 300 g/mol. The molecule has 0 aromatic heterocycles. The van der Waals surface area contributed by atoms with Gasteiger partial charge in [-0.2, -0.15) is 0 Å². The molecular formula is C18H24N2O2. The van der Waals surface area contributed by atoms with E-state index in [0.717, 1.165) is 30.4 Å². The molecule has 4 nitrogen and oxygen atoms in total. The molecule has 0 heterocycles. The zero-order valence-corrected chi connectivity index (χ0v) is 13.2. The van der Waals surface area contributed by atoms with E-state index in [1.165, 1.54) is 18.4 Å². The Balaban J connectivity index is 1.69. The first-order chi connectivity index (χ1) is 10.7. The fraction of sp³-hybridized carbons (Fsp3) is 0.444. The molecule has 22 heavy (non-hydrogen) atoms. The molecule has 118 valence electrons. The molecule has 1 aromatic carbocycles. The lowest BCUT2D eigenvalue weighted by molar-refractivity contribution is -0.139. The van der Waals surface area contributed by atoms with E-state index in [1.807, 2.05) is 31.2 Å². The molecule has 0 fully saturated rings. The number of hydrogen-bond acceptors (Lipinski definition) is 2. The highest BCUT2D eigenvalue weighted by molar-refractivity contribution is 6.35. The van der Waals surface area contributed by atoms with E-state index in [0.29, 0.717) is 13.1 Å². The predicted octanol–water partition coefficient (Wildman–Crippen LogP) is 2.62. The van der Waals surface area contributed by atoms with Gasteiger partial charge in [-0.15, -0.1) is 0 Å². The minimum absolute atomic E-state index is 0.379. The largest absolute Gasteiger partial charge is 0.348 e. The second-order valence-electron chi connectivity index (χ2n) is 5.72. The first-order valence-corrected chi connectivity index (χ1v) is 7.95. The fourth-order valence-corrected chi connectivity index (χ4v) is 2.61. The van der Waals surface area contributed by atoms with Crippen molar-refractivity contribution >= 4 is 11.8 Å². The van der Waals surface area contributed by atoms with Crippen LogP contribution in [0.4, 0.5) is 0 Å². The molecule has 0 unspecified atom stereocenters. The van der Waals surface area contributed by atoms with Gasteiger partial charge in [-0.25, -0.2) is 0 Å². The van der Waals surface area contributed by atoms with Crippen molar-refractivity contribution in [2.75, 3.05) is 6.54 Å². The maximum absolute atomic E-state index is 11.8. The van der Waals surface area contributed by atoms with E-state index in [4.69, 9.17) is 0 Å². The summed E-state index contributed by atoms with van der Waals surface area (Å²) in [4.78, 5) is 23.5. The highest BCUT2D eigenvalue weighted by Crippen LogP contribution is 2.19. The summed E-state index contributed by atoms with van der Waals surface area (Å²) in [5.74, 6) is -1.12. The third kappa shape index (κ3) is 5.02. The molecule has 2 rings (SSSR count). The van der Waals surface area contributed by atoms with Crippen LogP contribution in [0.3, 0.4) is 0 Å². The summed E-state index contributed by atoms with van der Waals surface area (Å²) < 4.78 is 0. The Labute approximate surface area is 132 Å². The van der Waals surface area contributed by atoms with Crippen LogP contribution in [0.2, 0.25) is 0 Å². The molecule has 2 N–H and O–H groups in total. The highest BCUT2D eigenvalue weighted by atomic mass is 16.2. The Bertz CT molecular complexity index is 564. The summed E-state index contributed by atoms with van der Waals surface area (Å²) in [7, 11) is 0. The van der Waals surface area contributed by atoms with Crippen LogP contribution in [0.25, 0.3) is 0 Å². The normalized spacial score (nSPS) is 14.1. The average Bonchev–Trinajstić information content (AvgIpc) is 2.54. The molecule has 0 spiro atoms. The second-order valence-corrected chi connectivity index (χ2v) is 5.72. The van der Waals surface area contributed by atoms with Crippen molar-refractivity contribution < 1.29 is 9.59 Å². The Morgan fingerprint density at radius 3 is 2.59 bits per heavy atom. The van der Waals surface area contributed by atoms with Crippen LogP contribution in [0.5, 0.6) is 0 Å². The van der Waals surface area contributed by atoms with Gasteiger partial charge in [0.25, 0.3) is 0 Å². The Morgan fingerprint density at radius 1 is 1.09 bits per heavy atom. The van der Waals surface area contributed by atoms with Crippen LogP contribution < -0.4 is 10.6 Å². The molecular weight excluding hydrogens is 276 g/mol. The number of rotatable bonds is 5. The monoisotopic (exact) mass is 300 g/mol. The Hall–Kier alpha value is -2.10. The number of amides is 2. The van der Waals surface area contributed by atoms with Crippen LogP contribution in [0.1, 0.15) is 43.2 Å². The summed E-state index contributed by atoms with van der Waals surface area (Å²) in [6, 6.07) is 7.81. The number of carbonyl (C=O) groups excluding carboxylic acids is 2. The number of nitrogens with one attached hydrogen (secondary N) is 2. The standard InChI is InChI=1S/C18H24N2O2/c1-14-7-5-6-10-16(14)13-20-18(22)17(21)19-12-11-15-8-3-2-4-9-15/h5-8,10H,2-4,9,11-13H2,1H3,(H,19,21)(H,20,22). The van der Waals surface area contributed by atoms with Crippen molar-refractivity contribution in [1.82, 2.24) is 10.6 Å². The van der Waals surface area contributed by atoms with Crippen molar-refractivity contribution in [2.24, 2.45) is 0 Å². The Morgan fingerprint density at radius 2 is 1.86 bits per heavy atom. The van der Waals surface area contributed by atoms with E-state index in [-0.39, 0.29) is 0 Å². The molecule has 1 aromatic rings. The Kier molecular flexibility index (Phi) is 6.19. The zero-order valence-electron chi connectivity index (χ0n) is 13.2. The third-order valence-corrected chi connectivity index (χ3v) is 4.02. The number of aryl methyl sites for hydroxylation is 1. The molecule has 0 bridgehead atoms. The van der Waals surface area contributed by atoms with Gasteiger partial charge >= 0.3 is 11.8 Å². The van der Waals surface area contributed by atoms with E-state index < -0.39 is 11.8 Å². The number of allylic oxidation sites excluding steroid dienone is 1. The van der Waals surface area contributed by atoms with Gasteiger partial charge in [0.15, 0.2) is 0 Å². The van der Waals surface area contributed by atoms with Crippen molar-refractivity contribution in [3.05, 3.63) is 47.0 Å². The molecule has 0 aliphatic heterocycles. The van der Waals surface area contributed by atoms with Gasteiger partial charge in [0.2, 0.25) is 0 Å². The van der Waals surface area contributed by atoms with Crippen molar-refractivity contribution in [3.8, 4) is 0 Å². The maximum atomic E-state index is 11.8.